The highest BCUT2D eigenvalue weighted by atomic mass is 16.5. The van der Waals surface area contributed by atoms with Crippen molar-refractivity contribution in [3.05, 3.63) is 102 Å². The highest BCUT2D eigenvalue weighted by Crippen LogP contribution is 2.46. The predicted molar refractivity (Wildman–Crippen MR) is 129 cm³/mol. The molecule has 0 aliphatic rings. The quantitative estimate of drug-likeness (QED) is 0.303. The molecule has 3 nitrogen and oxygen atoms in total. The number of hydrogen-bond acceptors (Lipinski definition) is 3. The van der Waals surface area contributed by atoms with Crippen molar-refractivity contribution in [2.24, 2.45) is 0 Å². The van der Waals surface area contributed by atoms with Crippen LogP contribution in [0.4, 0.5) is 0 Å². The van der Waals surface area contributed by atoms with E-state index in [-0.39, 0.29) is 0 Å². The number of nitriles is 1. The minimum atomic E-state index is 0.538. The van der Waals surface area contributed by atoms with Crippen LogP contribution in [-0.2, 0) is 0 Å². The van der Waals surface area contributed by atoms with Crippen LogP contribution in [0.15, 0.2) is 91.0 Å². The second kappa shape index (κ2) is 8.09. The Morgan fingerprint density at radius 1 is 0.625 bits per heavy atom. The van der Waals surface area contributed by atoms with Crippen LogP contribution in [-0.4, -0.2) is 7.11 Å². The number of nitrogens with zero attached hydrogens (tertiary/aromatic N) is 1. The largest absolute Gasteiger partial charge is 0.496 e. The van der Waals surface area contributed by atoms with Crippen LogP contribution in [0.3, 0.4) is 0 Å². The molecule has 32 heavy (non-hydrogen) atoms. The fourth-order valence-corrected chi connectivity index (χ4v) is 4.26. The zero-order valence-electron chi connectivity index (χ0n) is 17.9. The lowest BCUT2D eigenvalue weighted by atomic mass is 9.92. The van der Waals surface area contributed by atoms with Gasteiger partial charge in [-0.25, -0.2) is 0 Å². The third-order valence-electron chi connectivity index (χ3n) is 5.82. The van der Waals surface area contributed by atoms with Crippen molar-refractivity contribution in [3.63, 3.8) is 0 Å². The van der Waals surface area contributed by atoms with E-state index in [1.54, 1.807) is 7.11 Å². The first kappa shape index (κ1) is 19.7. The van der Waals surface area contributed by atoms with Gasteiger partial charge < -0.3 is 9.47 Å². The Morgan fingerprint density at radius 2 is 1.22 bits per heavy atom. The predicted octanol–water partition coefficient (Wildman–Crippen LogP) is 7.64. The summed E-state index contributed by atoms with van der Waals surface area (Å²) >= 11 is 0. The molecule has 0 N–H and O–H groups in total. The molecule has 0 amide bonds. The molecule has 0 bridgehead atoms. The minimum Gasteiger partial charge on any atom is -0.496 e. The van der Waals surface area contributed by atoms with Crippen LogP contribution in [0, 0.1) is 18.3 Å². The normalized spacial score (nSPS) is 10.8. The Kier molecular flexibility index (Phi) is 4.97. The highest BCUT2D eigenvalue weighted by Gasteiger charge is 2.20. The molecule has 5 aromatic carbocycles. The van der Waals surface area contributed by atoms with Crippen molar-refractivity contribution in [2.45, 2.75) is 6.92 Å². The van der Waals surface area contributed by atoms with Gasteiger partial charge >= 0.3 is 0 Å². The number of methoxy groups -OCH3 is 1. The van der Waals surface area contributed by atoms with E-state index in [1.807, 2.05) is 67.6 Å². The van der Waals surface area contributed by atoms with E-state index in [0.29, 0.717) is 17.1 Å². The molecular weight excluding hydrogens is 394 g/mol. The molecule has 3 heteroatoms. The van der Waals surface area contributed by atoms with Crippen molar-refractivity contribution in [1.29, 1.82) is 5.26 Å². The van der Waals surface area contributed by atoms with E-state index < -0.39 is 0 Å². The Hall–Kier alpha value is -4.29. The number of hydrogen-bond donors (Lipinski definition) is 0. The van der Waals surface area contributed by atoms with Gasteiger partial charge in [-0.2, -0.15) is 5.26 Å². The van der Waals surface area contributed by atoms with Crippen molar-refractivity contribution >= 4 is 21.5 Å². The van der Waals surface area contributed by atoms with Crippen LogP contribution < -0.4 is 9.47 Å². The summed E-state index contributed by atoms with van der Waals surface area (Å²) in [6.07, 6.45) is 0. The van der Waals surface area contributed by atoms with E-state index in [0.717, 1.165) is 44.0 Å². The Morgan fingerprint density at radius 3 is 1.84 bits per heavy atom. The van der Waals surface area contributed by atoms with Crippen LogP contribution in [0.2, 0.25) is 0 Å². The molecule has 0 spiro atoms. The summed E-state index contributed by atoms with van der Waals surface area (Å²) in [6.45, 7) is 1.92. The van der Waals surface area contributed by atoms with Gasteiger partial charge in [-0.15, -0.1) is 0 Å². The summed E-state index contributed by atoms with van der Waals surface area (Å²) in [4.78, 5) is 0. The summed E-state index contributed by atoms with van der Waals surface area (Å²) < 4.78 is 12.3. The number of benzene rings is 5. The van der Waals surface area contributed by atoms with Crippen molar-refractivity contribution in [2.75, 3.05) is 7.11 Å². The number of aryl methyl sites for hydroxylation is 1. The molecule has 0 atom stereocenters. The lowest BCUT2D eigenvalue weighted by Gasteiger charge is -2.19. The Labute approximate surface area is 187 Å². The number of fused-ring (bicyclic) bond motifs is 2. The SMILES string of the molecule is COc1ccc2ccccc2c1-c1c(Oc2cccc(C)c2C#N)ccc2ccccc12. The van der Waals surface area contributed by atoms with Gasteiger partial charge in [0, 0.05) is 11.1 Å². The van der Waals surface area contributed by atoms with Gasteiger partial charge in [0.1, 0.15) is 23.3 Å². The van der Waals surface area contributed by atoms with Gasteiger partial charge in [-0.1, -0.05) is 72.8 Å². The van der Waals surface area contributed by atoms with E-state index in [9.17, 15) is 5.26 Å². The fourth-order valence-electron chi connectivity index (χ4n) is 4.26. The van der Waals surface area contributed by atoms with Gasteiger partial charge in [0.25, 0.3) is 0 Å². The lowest BCUT2D eigenvalue weighted by Crippen LogP contribution is -1.96. The molecule has 5 aromatic rings. The molecule has 0 heterocycles. The van der Waals surface area contributed by atoms with Crippen molar-refractivity contribution in [1.82, 2.24) is 0 Å². The summed E-state index contributed by atoms with van der Waals surface area (Å²) in [5, 5.41) is 14.1. The first-order valence-corrected chi connectivity index (χ1v) is 10.5. The van der Waals surface area contributed by atoms with E-state index in [4.69, 9.17) is 9.47 Å². The number of ether oxygens (including phenoxy) is 2. The second-order valence-corrected chi connectivity index (χ2v) is 7.69. The standard InChI is InChI=1S/C29H21NO2/c1-19-8-7-13-25(24(19)18-30)32-27-17-15-21-10-4-6-12-23(21)29(27)28-22-11-5-3-9-20(22)14-16-26(28)31-2/h3-17H,1-2H3. The average Bonchev–Trinajstić information content (AvgIpc) is 2.83. The Balaban J connectivity index is 1.86. The second-order valence-electron chi connectivity index (χ2n) is 7.69. The molecule has 0 radical (unpaired) electrons. The van der Waals surface area contributed by atoms with E-state index in [1.165, 1.54) is 0 Å². The monoisotopic (exact) mass is 415 g/mol. The topological polar surface area (TPSA) is 42.2 Å². The van der Waals surface area contributed by atoms with E-state index in [2.05, 4.69) is 36.4 Å². The van der Waals surface area contributed by atoms with Crippen molar-refractivity contribution < 1.29 is 9.47 Å². The summed E-state index contributed by atoms with van der Waals surface area (Å²) in [5.41, 5.74) is 3.34. The van der Waals surface area contributed by atoms with Crippen LogP contribution in [0.25, 0.3) is 32.7 Å². The molecular formula is C29H21NO2. The zero-order valence-corrected chi connectivity index (χ0v) is 17.9. The smallest absolute Gasteiger partial charge is 0.145 e. The van der Waals surface area contributed by atoms with Gasteiger partial charge in [0.2, 0.25) is 0 Å². The zero-order chi connectivity index (χ0) is 22.1. The molecule has 0 aliphatic carbocycles. The highest BCUT2D eigenvalue weighted by molar-refractivity contribution is 6.09. The van der Waals surface area contributed by atoms with Crippen LogP contribution in [0.1, 0.15) is 11.1 Å². The third-order valence-corrected chi connectivity index (χ3v) is 5.82. The molecule has 0 unspecified atom stereocenters. The lowest BCUT2D eigenvalue weighted by molar-refractivity contribution is 0.416. The molecule has 0 aromatic heterocycles. The first-order chi connectivity index (χ1) is 15.7. The van der Waals surface area contributed by atoms with E-state index >= 15 is 0 Å². The first-order valence-electron chi connectivity index (χ1n) is 10.5. The number of rotatable bonds is 4. The van der Waals surface area contributed by atoms with Crippen LogP contribution >= 0.6 is 0 Å². The maximum atomic E-state index is 9.71. The maximum Gasteiger partial charge on any atom is 0.145 e. The molecule has 0 saturated heterocycles. The summed E-state index contributed by atoms with van der Waals surface area (Å²) in [6, 6.07) is 32.5. The van der Waals surface area contributed by atoms with Gasteiger partial charge in [-0.05, 0) is 52.2 Å². The maximum absolute atomic E-state index is 9.71. The summed E-state index contributed by atoms with van der Waals surface area (Å²) in [7, 11) is 1.69. The van der Waals surface area contributed by atoms with Gasteiger partial charge in [0.05, 0.1) is 12.7 Å². The summed E-state index contributed by atoms with van der Waals surface area (Å²) in [5.74, 6) is 2.00. The molecule has 0 aliphatic heterocycles. The average molecular weight is 415 g/mol. The minimum absolute atomic E-state index is 0.538. The third kappa shape index (κ3) is 3.23. The van der Waals surface area contributed by atoms with Gasteiger partial charge in [0.15, 0.2) is 0 Å². The van der Waals surface area contributed by atoms with Gasteiger partial charge in [-0.3, -0.25) is 0 Å². The molecule has 0 saturated carbocycles. The van der Waals surface area contributed by atoms with Crippen LogP contribution in [0.5, 0.6) is 17.2 Å². The Bertz CT molecular complexity index is 1510. The fraction of sp³-hybridized carbons (Fsp3) is 0.0690. The molecule has 154 valence electrons. The molecule has 5 rings (SSSR count). The van der Waals surface area contributed by atoms with Crippen molar-refractivity contribution in [3.8, 4) is 34.4 Å². The molecule has 0 fully saturated rings.